The van der Waals surface area contributed by atoms with Gasteiger partial charge in [0.05, 0.1) is 19.3 Å². The number of rotatable bonds is 4. The van der Waals surface area contributed by atoms with Gasteiger partial charge in [-0.05, 0) is 23.1 Å². The van der Waals surface area contributed by atoms with E-state index in [0.29, 0.717) is 6.04 Å². The van der Waals surface area contributed by atoms with Crippen LogP contribution in [0.5, 0.6) is 0 Å². The first-order chi connectivity index (χ1) is 9.93. The van der Waals surface area contributed by atoms with Gasteiger partial charge in [-0.15, -0.1) is 11.3 Å². The summed E-state index contributed by atoms with van der Waals surface area (Å²) in [6, 6.07) is 15.3. The van der Waals surface area contributed by atoms with Crippen LogP contribution in [0.3, 0.4) is 0 Å². The van der Waals surface area contributed by atoms with Gasteiger partial charge in [-0.3, -0.25) is 4.90 Å². The first-order valence-corrected chi connectivity index (χ1v) is 7.90. The average Bonchev–Trinajstić information content (AvgIpc) is 3.03. The number of ether oxygens (including phenoxy) is 1. The fraction of sp³-hybridized carbons (Fsp3) is 0.294. The molecule has 0 saturated carbocycles. The van der Waals surface area contributed by atoms with Gasteiger partial charge in [-0.1, -0.05) is 42.5 Å². The molecular weight excluding hydrogens is 266 g/mol. The maximum atomic E-state index is 5.47. The maximum absolute atomic E-state index is 5.47. The lowest BCUT2D eigenvalue weighted by Crippen LogP contribution is -2.38. The van der Waals surface area contributed by atoms with Crippen molar-refractivity contribution in [3.8, 4) is 0 Å². The Kier molecular flexibility index (Phi) is 4.64. The molecule has 1 unspecified atom stereocenters. The number of nitrogens with zero attached hydrogens (tertiary/aromatic N) is 1. The molecule has 0 N–H and O–H groups in total. The molecule has 0 amide bonds. The summed E-state index contributed by atoms with van der Waals surface area (Å²) in [5.41, 5.74) is 1.35. The predicted octanol–water partition coefficient (Wildman–Crippen LogP) is 3.83. The minimum absolute atomic E-state index is 0.335. The van der Waals surface area contributed by atoms with Crippen molar-refractivity contribution in [2.45, 2.75) is 6.04 Å². The van der Waals surface area contributed by atoms with E-state index in [1.807, 2.05) is 0 Å². The van der Waals surface area contributed by atoms with Crippen molar-refractivity contribution in [1.29, 1.82) is 0 Å². The van der Waals surface area contributed by atoms with Crippen LogP contribution < -0.4 is 0 Å². The Labute approximate surface area is 124 Å². The molecule has 0 aliphatic carbocycles. The molecule has 3 heteroatoms. The third-order valence-electron chi connectivity index (χ3n) is 3.57. The molecule has 20 heavy (non-hydrogen) atoms. The summed E-state index contributed by atoms with van der Waals surface area (Å²) in [7, 11) is 0. The SMILES string of the molecule is C(=C/C(c1ccccc1)N1CCOCC1)/c1cccs1. The van der Waals surface area contributed by atoms with Crippen LogP contribution in [0.2, 0.25) is 0 Å². The summed E-state index contributed by atoms with van der Waals surface area (Å²) in [5.74, 6) is 0. The first kappa shape index (κ1) is 13.6. The fourth-order valence-electron chi connectivity index (χ4n) is 2.52. The highest BCUT2D eigenvalue weighted by atomic mass is 32.1. The lowest BCUT2D eigenvalue weighted by molar-refractivity contribution is 0.0254. The molecule has 2 aromatic rings. The van der Waals surface area contributed by atoms with Crippen molar-refractivity contribution in [3.63, 3.8) is 0 Å². The summed E-state index contributed by atoms with van der Waals surface area (Å²) < 4.78 is 5.47. The second-order valence-corrected chi connectivity index (χ2v) is 5.86. The summed E-state index contributed by atoms with van der Waals surface area (Å²) in [5, 5.41) is 2.12. The number of hydrogen-bond donors (Lipinski definition) is 0. The second kappa shape index (κ2) is 6.84. The molecule has 1 aromatic carbocycles. The second-order valence-electron chi connectivity index (χ2n) is 4.88. The summed E-state index contributed by atoms with van der Waals surface area (Å²) in [6.07, 6.45) is 4.55. The summed E-state index contributed by atoms with van der Waals surface area (Å²) in [6.45, 7) is 3.65. The smallest absolute Gasteiger partial charge is 0.0594 e. The van der Waals surface area contributed by atoms with Gasteiger partial charge in [0.25, 0.3) is 0 Å². The van der Waals surface area contributed by atoms with Crippen LogP contribution in [0.4, 0.5) is 0 Å². The van der Waals surface area contributed by atoms with Crippen LogP contribution in [-0.2, 0) is 4.74 Å². The van der Waals surface area contributed by atoms with E-state index in [1.54, 1.807) is 11.3 Å². The van der Waals surface area contributed by atoms with Gasteiger partial charge in [0.15, 0.2) is 0 Å². The van der Waals surface area contributed by atoms with E-state index >= 15 is 0 Å². The number of thiophene rings is 1. The first-order valence-electron chi connectivity index (χ1n) is 7.02. The normalized spacial score (nSPS) is 18.4. The van der Waals surface area contributed by atoms with Crippen molar-refractivity contribution >= 4 is 17.4 Å². The summed E-state index contributed by atoms with van der Waals surface area (Å²) >= 11 is 1.78. The van der Waals surface area contributed by atoms with Crippen molar-refractivity contribution in [3.05, 3.63) is 64.4 Å². The van der Waals surface area contributed by atoms with Gasteiger partial charge < -0.3 is 4.74 Å². The van der Waals surface area contributed by atoms with Crippen molar-refractivity contribution in [2.75, 3.05) is 26.3 Å². The standard InChI is InChI=1S/C17H19NOS/c1-2-5-15(6-3-1)17(18-10-12-19-13-11-18)9-8-16-7-4-14-20-16/h1-9,14,17H,10-13H2/b9-8-. The van der Waals surface area contributed by atoms with Crippen molar-refractivity contribution < 1.29 is 4.74 Å². The molecule has 1 aromatic heterocycles. The van der Waals surface area contributed by atoms with Crippen molar-refractivity contribution in [2.24, 2.45) is 0 Å². The molecule has 1 fully saturated rings. The van der Waals surface area contributed by atoms with Gasteiger partial charge >= 0.3 is 0 Å². The predicted molar refractivity (Wildman–Crippen MR) is 84.9 cm³/mol. The van der Waals surface area contributed by atoms with Gasteiger partial charge in [0.2, 0.25) is 0 Å². The highest BCUT2D eigenvalue weighted by Crippen LogP contribution is 2.24. The zero-order valence-electron chi connectivity index (χ0n) is 11.4. The lowest BCUT2D eigenvalue weighted by Gasteiger charge is -2.33. The third-order valence-corrected chi connectivity index (χ3v) is 4.40. The van der Waals surface area contributed by atoms with E-state index in [2.05, 4.69) is 64.9 Å². The van der Waals surface area contributed by atoms with E-state index in [0.717, 1.165) is 26.3 Å². The van der Waals surface area contributed by atoms with Crippen LogP contribution in [0, 0.1) is 0 Å². The molecule has 1 aliphatic heterocycles. The molecule has 1 atom stereocenters. The summed E-state index contributed by atoms with van der Waals surface area (Å²) in [4.78, 5) is 3.79. The largest absolute Gasteiger partial charge is 0.379 e. The highest BCUT2D eigenvalue weighted by molar-refractivity contribution is 7.10. The number of hydrogen-bond acceptors (Lipinski definition) is 3. The van der Waals surface area contributed by atoms with E-state index in [4.69, 9.17) is 4.74 Å². The quantitative estimate of drug-likeness (QED) is 0.846. The average molecular weight is 285 g/mol. The Bertz CT molecular complexity index is 529. The number of benzene rings is 1. The van der Waals surface area contributed by atoms with Gasteiger partial charge in [0.1, 0.15) is 0 Å². The Morgan fingerprint density at radius 3 is 2.55 bits per heavy atom. The van der Waals surface area contributed by atoms with E-state index in [9.17, 15) is 0 Å². The van der Waals surface area contributed by atoms with Gasteiger partial charge in [-0.2, -0.15) is 0 Å². The minimum atomic E-state index is 0.335. The van der Waals surface area contributed by atoms with Crippen LogP contribution in [-0.4, -0.2) is 31.2 Å². The third kappa shape index (κ3) is 3.37. The van der Waals surface area contributed by atoms with E-state index in [-0.39, 0.29) is 0 Å². The maximum Gasteiger partial charge on any atom is 0.0594 e. The van der Waals surface area contributed by atoms with Crippen LogP contribution in [0.15, 0.2) is 53.9 Å². The molecule has 0 spiro atoms. The Balaban J connectivity index is 1.83. The molecule has 0 bridgehead atoms. The lowest BCUT2D eigenvalue weighted by atomic mass is 10.0. The molecule has 1 aliphatic rings. The molecule has 3 rings (SSSR count). The zero-order chi connectivity index (χ0) is 13.6. The van der Waals surface area contributed by atoms with Crippen molar-refractivity contribution in [1.82, 2.24) is 4.90 Å². The van der Waals surface area contributed by atoms with E-state index < -0.39 is 0 Å². The van der Waals surface area contributed by atoms with Crippen LogP contribution >= 0.6 is 11.3 Å². The van der Waals surface area contributed by atoms with Crippen LogP contribution in [0.25, 0.3) is 6.08 Å². The topological polar surface area (TPSA) is 12.5 Å². The van der Waals surface area contributed by atoms with E-state index in [1.165, 1.54) is 10.4 Å². The van der Waals surface area contributed by atoms with Crippen LogP contribution in [0.1, 0.15) is 16.5 Å². The minimum Gasteiger partial charge on any atom is -0.379 e. The molecule has 0 radical (unpaired) electrons. The monoisotopic (exact) mass is 285 g/mol. The molecular formula is C17H19NOS. The Morgan fingerprint density at radius 2 is 1.85 bits per heavy atom. The zero-order valence-corrected chi connectivity index (χ0v) is 12.3. The molecule has 2 nitrogen and oxygen atoms in total. The molecule has 104 valence electrons. The Hall–Kier alpha value is -1.42. The van der Waals surface area contributed by atoms with Gasteiger partial charge in [0, 0.05) is 18.0 Å². The number of morpholine rings is 1. The van der Waals surface area contributed by atoms with Gasteiger partial charge in [-0.25, -0.2) is 0 Å². The Morgan fingerprint density at radius 1 is 1.05 bits per heavy atom. The molecule has 1 saturated heterocycles. The molecule has 2 heterocycles. The fourth-order valence-corrected chi connectivity index (χ4v) is 3.15. The highest BCUT2D eigenvalue weighted by Gasteiger charge is 2.19.